The van der Waals surface area contributed by atoms with Crippen molar-refractivity contribution in [3.8, 4) is 22.3 Å². The summed E-state index contributed by atoms with van der Waals surface area (Å²) in [5, 5.41) is 0. The zero-order valence-corrected chi connectivity index (χ0v) is 20.6. The van der Waals surface area contributed by atoms with E-state index in [0.717, 1.165) is 44.5 Å². The van der Waals surface area contributed by atoms with E-state index < -0.39 is 0 Å². The highest BCUT2D eigenvalue weighted by Crippen LogP contribution is 2.43. The number of amides is 1. The molecule has 0 saturated heterocycles. The predicted octanol–water partition coefficient (Wildman–Crippen LogP) is 8.67. The van der Waals surface area contributed by atoms with Crippen LogP contribution in [-0.4, -0.2) is 5.91 Å². The maximum atomic E-state index is 14.0. The van der Waals surface area contributed by atoms with Crippen LogP contribution in [0.4, 0.5) is 11.4 Å². The topological polar surface area (TPSA) is 20.3 Å². The lowest BCUT2D eigenvalue weighted by Gasteiger charge is -2.33. The number of hydrogen-bond donors (Lipinski definition) is 0. The maximum absolute atomic E-state index is 14.0. The highest BCUT2D eigenvalue weighted by atomic mass is 79.9. The summed E-state index contributed by atoms with van der Waals surface area (Å²) in [4.78, 5) is 15.8. The zero-order valence-electron chi connectivity index (χ0n) is 19.0. The van der Waals surface area contributed by atoms with E-state index in [9.17, 15) is 4.79 Å². The van der Waals surface area contributed by atoms with Gasteiger partial charge in [-0.25, -0.2) is 0 Å². The summed E-state index contributed by atoms with van der Waals surface area (Å²) in [6.07, 6.45) is 0.770. The van der Waals surface area contributed by atoms with E-state index in [4.69, 9.17) is 0 Å². The molecular formula is C32H22BrNO. The summed E-state index contributed by atoms with van der Waals surface area (Å²) < 4.78 is 0.792. The SMILES string of the molecule is O=C(c1ccccc1Br)N1c2ccc(-c3ccccc3)cc2Cc2cc(-c3ccccc3)ccc21. The lowest BCUT2D eigenvalue weighted by atomic mass is 9.90. The second-order valence-corrected chi connectivity index (χ2v) is 9.57. The zero-order chi connectivity index (χ0) is 23.8. The molecule has 0 bridgehead atoms. The number of hydrogen-bond acceptors (Lipinski definition) is 1. The summed E-state index contributed by atoms with van der Waals surface area (Å²) in [5.41, 5.74) is 9.45. The second kappa shape index (κ2) is 9.01. The fraction of sp³-hybridized carbons (Fsp3) is 0.0312. The monoisotopic (exact) mass is 515 g/mol. The van der Waals surface area contributed by atoms with Crippen LogP contribution in [-0.2, 0) is 6.42 Å². The maximum Gasteiger partial charge on any atom is 0.263 e. The molecule has 2 nitrogen and oxygen atoms in total. The molecule has 6 rings (SSSR count). The fourth-order valence-electron chi connectivity index (χ4n) is 4.82. The predicted molar refractivity (Wildman–Crippen MR) is 147 cm³/mol. The Balaban J connectivity index is 1.51. The van der Waals surface area contributed by atoms with E-state index in [0.29, 0.717) is 5.56 Å². The van der Waals surface area contributed by atoms with Crippen molar-refractivity contribution in [2.24, 2.45) is 0 Å². The largest absolute Gasteiger partial charge is 0.276 e. The molecule has 0 aromatic heterocycles. The summed E-state index contributed by atoms with van der Waals surface area (Å²) in [5.74, 6) is -0.0420. The molecule has 5 aromatic carbocycles. The smallest absolute Gasteiger partial charge is 0.263 e. The van der Waals surface area contributed by atoms with Gasteiger partial charge >= 0.3 is 0 Å². The average Bonchev–Trinajstić information content (AvgIpc) is 2.92. The van der Waals surface area contributed by atoms with Crippen molar-refractivity contribution < 1.29 is 4.79 Å². The average molecular weight is 516 g/mol. The van der Waals surface area contributed by atoms with Gasteiger partial charge in [-0.3, -0.25) is 9.69 Å². The fourth-order valence-corrected chi connectivity index (χ4v) is 5.27. The number of benzene rings is 5. The lowest BCUT2D eigenvalue weighted by Crippen LogP contribution is -2.30. The van der Waals surface area contributed by atoms with E-state index in [1.807, 2.05) is 41.3 Å². The highest BCUT2D eigenvalue weighted by molar-refractivity contribution is 9.10. The van der Waals surface area contributed by atoms with Crippen LogP contribution in [0.15, 0.2) is 126 Å². The van der Waals surface area contributed by atoms with Crippen LogP contribution in [0.5, 0.6) is 0 Å². The van der Waals surface area contributed by atoms with Crippen LogP contribution in [0, 0.1) is 0 Å². The summed E-state index contributed by atoms with van der Waals surface area (Å²) >= 11 is 3.58. The Kier molecular flexibility index (Phi) is 5.55. The molecule has 0 N–H and O–H groups in total. The third-order valence-corrected chi connectivity index (χ3v) is 7.23. The van der Waals surface area contributed by atoms with Gasteiger partial charge in [-0.05, 0) is 85.7 Å². The molecule has 0 saturated carbocycles. The van der Waals surface area contributed by atoms with Gasteiger partial charge < -0.3 is 0 Å². The molecule has 35 heavy (non-hydrogen) atoms. The van der Waals surface area contributed by atoms with E-state index in [2.05, 4.69) is 101 Å². The minimum atomic E-state index is -0.0420. The highest BCUT2D eigenvalue weighted by Gasteiger charge is 2.30. The molecule has 1 aliphatic heterocycles. The van der Waals surface area contributed by atoms with Gasteiger partial charge in [-0.15, -0.1) is 0 Å². The second-order valence-electron chi connectivity index (χ2n) is 8.72. The van der Waals surface area contributed by atoms with Crippen molar-refractivity contribution in [3.05, 3.63) is 142 Å². The van der Waals surface area contributed by atoms with Crippen molar-refractivity contribution in [1.29, 1.82) is 0 Å². The van der Waals surface area contributed by atoms with Crippen LogP contribution >= 0.6 is 15.9 Å². The molecule has 3 heteroatoms. The molecule has 5 aromatic rings. The molecule has 168 valence electrons. The van der Waals surface area contributed by atoms with Crippen molar-refractivity contribution in [1.82, 2.24) is 0 Å². The first kappa shape index (κ1) is 21.6. The van der Waals surface area contributed by atoms with E-state index >= 15 is 0 Å². The third kappa shape index (κ3) is 3.98. The normalized spacial score (nSPS) is 12.1. The Morgan fingerprint density at radius 3 is 1.57 bits per heavy atom. The summed E-state index contributed by atoms with van der Waals surface area (Å²) in [6, 6.07) is 41.2. The third-order valence-electron chi connectivity index (χ3n) is 6.54. The molecule has 0 aliphatic carbocycles. The van der Waals surface area contributed by atoms with E-state index in [1.165, 1.54) is 11.1 Å². The van der Waals surface area contributed by atoms with Crippen LogP contribution in [0.3, 0.4) is 0 Å². The van der Waals surface area contributed by atoms with Crippen LogP contribution in [0.2, 0.25) is 0 Å². The molecule has 1 aliphatic rings. The van der Waals surface area contributed by atoms with Gasteiger partial charge in [0.15, 0.2) is 0 Å². The van der Waals surface area contributed by atoms with Crippen molar-refractivity contribution in [2.75, 3.05) is 4.90 Å². The van der Waals surface area contributed by atoms with Gasteiger partial charge in [0, 0.05) is 10.9 Å². The van der Waals surface area contributed by atoms with Gasteiger partial charge in [0.05, 0.1) is 16.9 Å². The van der Waals surface area contributed by atoms with E-state index in [-0.39, 0.29) is 5.91 Å². The van der Waals surface area contributed by atoms with E-state index in [1.54, 1.807) is 0 Å². The number of carbonyl (C=O) groups excluding carboxylic acids is 1. The molecule has 0 spiro atoms. The Morgan fingerprint density at radius 1 is 0.571 bits per heavy atom. The van der Waals surface area contributed by atoms with Crippen LogP contribution < -0.4 is 4.90 Å². The number of halogens is 1. The van der Waals surface area contributed by atoms with Gasteiger partial charge in [0.2, 0.25) is 0 Å². The minimum absolute atomic E-state index is 0.0420. The molecule has 0 atom stereocenters. The first-order valence-electron chi connectivity index (χ1n) is 11.6. The molecule has 1 amide bonds. The number of carbonyl (C=O) groups is 1. The molecular weight excluding hydrogens is 494 g/mol. The number of nitrogens with zero attached hydrogens (tertiary/aromatic N) is 1. The molecule has 0 fully saturated rings. The lowest BCUT2D eigenvalue weighted by molar-refractivity contribution is 0.0998. The Bertz CT molecular complexity index is 1450. The van der Waals surface area contributed by atoms with Crippen molar-refractivity contribution in [2.45, 2.75) is 6.42 Å². The number of anilines is 2. The number of rotatable bonds is 3. The van der Waals surface area contributed by atoms with Gasteiger partial charge in [-0.1, -0.05) is 84.9 Å². The standard InChI is InChI=1S/C32H22BrNO/c33-29-14-8-7-13-28(29)32(35)34-30-17-15-24(22-9-3-1-4-10-22)19-26(30)21-27-20-25(16-18-31(27)34)23-11-5-2-6-12-23/h1-20H,21H2. The number of fused-ring (bicyclic) bond motifs is 2. The Morgan fingerprint density at radius 2 is 1.06 bits per heavy atom. The molecule has 1 heterocycles. The minimum Gasteiger partial charge on any atom is -0.276 e. The summed E-state index contributed by atoms with van der Waals surface area (Å²) in [7, 11) is 0. The Hall–Kier alpha value is -3.95. The van der Waals surface area contributed by atoms with Gasteiger partial charge in [0.25, 0.3) is 5.91 Å². The van der Waals surface area contributed by atoms with Gasteiger partial charge in [-0.2, -0.15) is 0 Å². The molecule has 0 unspecified atom stereocenters. The van der Waals surface area contributed by atoms with Gasteiger partial charge in [0.1, 0.15) is 0 Å². The van der Waals surface area contributed by atoms with Crippen molar-refractivity contribution >= 4 is 33.2 Å². The van der Waals surface area contributed by atoms with Crippen molar-refractivity contribution in [3.63, 3.8) is 0 Å². The first-order valence-corrected chi connectivity index (χ1v) is 12.4. The first-order chi connectivity index (χ1) is 17.2. The Labute approximate surface area is 213 Å². The summed E-state index contributed by atoms with van der Waals surface area (Å²) in [6.45, 7) is 0. The quantitative estimate of drug-likeness (QED) is 0.235. The van der Waals surface area contributed by atoms with Crippen LogP contribution in [0.25, 0.3) is 22.3 Å². The van der Waals surface area contributed by atoms with Crippen LogP contribution in [0.1, 0.15) is 21.5 Å². The molecule has 0 radical (unpaired) electrons.